The summed E-state index contributed by atoms with van der Waals surface area (Å²) in [4.78, 5) is 2.21. The van der Waals surface area contributed by atoms with E-state index in [0.717, 1.165) is 13.0 Å². The smallest absolute Gasteiger partial charge is 0.376 e. The molecule has 82 valence electrons. The molecule has 1 aliphatic rings. The van der Waals surface area contributed by atoms with Crippen molar-refractivity contribution >= 4 is 8.80 Å². The summed E-state index contributed by atoms with van der Waals surface area (Å²) in [5.74, 6) is 0. The van der Waals surface area contributed by atoms with Crippen LogP contribution in [0.5, 0.6) is 0 Å². The SMILES string of the molecule is CO[Si](OC)(OC)C(C)N1C=CCC1. The molecule has 1 rings (SSSR count). The van der Waals surface area contributed by atoms with Crippen LogP contribution in [0.3, 0.4) is 0 Å². The van der Waals surface area contributed by atoms with E-state index in [1.807, 2.05) is 0 Å². The Kier molecular flexibility index (Phi) is 4.12. The Morgan fingerprint density at radius 2 is 1.79 bits per heavy atom. The zero-order valence-corrected chi connectivity index (χ0v) is 10.3. The first kappa shape index (κ1) is 11.7. The van der Waals surface area contributed by atoms with Gasteiger partial charge in [-0.2, -0.15) is 0 Å². The molecule has 0 saturated heterocycles. The topological polar surface area (TPSA) is 30.9 Å². The summed E-state index contributed by atoms with van der Waals surface area (Å²) in [6, 6.07) is 0. The minimum Gasteiger partial charge on any atom is -0.376 e. The van der Waals surface area contributed by atoms with Crippen molar-refractivity contribution in [1.29, 1.82) is 0 Å². The third kappa shape index (κ3) is 2.00. The van der Waals surface area contributed by atoms with Gasteiger partial charge in [0.15, 0.2) is 0 Å². The Morgan fingerprint density at radius 1 is 1.21 bits per heavy atom. The van der Waals surface area contributed by atoms with E-state index in [-0.39, 0.29) is 5.67 Å². The molecule has 0 aromatic rings. The Hall–Kier alpha value is -0.363. The highest BCUT2D eigenvalue weighted by Crippen LogP contribution is 2.20. The fourth-order valence-electron chi connectivity index (χ4n) is 1.80. The van der Waals surface area contributed by atoms with Crippen LogP contribution in [0, 0.1) is 0 Å². The Balaban J connectivity index is 2.71. The van der Waals surface area contributed by atoms with Crippen LogP contribution < -0.4 is 0 Å². The van der Waals surface area contributed by atoms with Crippen LogP contribution in [0.2, 0.25) is 0 Å². The molecule has 0 aromatic heterocycles. The van der Waals surface area contributed by atoms with Crippen LogP contribution in [0.15, 0.2) is 12.3 Å². The second-order valence-electron chi connectivity index (χ2n) is 3.30. The average Bonchev–Trinajstić information content (AvgIpc) is 2.74. The van der Waals surface area contributed by atoms with Gasteiger partial charge in [-0.25, -0.2) is 0 Å². The van der Waals surface area contributed by atoms with E-state index in [2.05, 4.69) is 24.1 Å². The second-order valence-corrected chi connectivity index (χ2v) is 6.57. The van der Waals surface area contributed by atoms with Crippen molar-refractivity contribution in [3.8, 4) is 0 Å². The van der Waals surface area contributed by atoms with Gasteiger partial charge in [-0.3, -0.25) is 0 Å². The van der Waals surface area contributed by atoms with Gasteiger partial charge in [0.05, 0.1) is 5.67 Å². The Morgan fingerprint density at radius 3 is 2.14 bits per heavy atom. The minimum absolute atomic E-state index is 0.168. The van der Waals surface area contributed by atoms with E-state index in [4.69, 9.17) is 13.3 Å². The van der Waals surface area contributed by atoms with Crippen LogP contribution in [0.25, 0.3) is 0 Å². The van der Waals surface area contributed by atoms with Crippen molar-refractivity contribution in [2.24, 2.45) is 0 Å². The summed E-state index contributed by atoms with van der Waals surface area (Å²) < 4.78 is 16.3. The predicted molar refractivity (Wildman–Crippen MR) is 56.7 cm³/mol. The van der Waals surface area contributed by atoms with E-state index in [1.54, 1.807) is 21.3 Å². The van der Waals surface area contributed by atoms with Gasteiger partial charge in [-0.05, 0) is 19.5 Å². The van der Waals surface area contributed by atoms with Crippen LogP contribution >= 0.6 is 0 Å². The predicted octanol–water partition coefficient (Wildman–Crippen LogP) is 1.01. The minimum atomic E-state index is -2.51. The van der Waals surface area contributed by atoms with Gasteiger partial charge in [-0.15, -0.1) is 0 Å². The first-order valence-corrected chi connectivity index (χ1v) is 6.58. The zero-order valence-electron chi connectivity index (χ0n) is 9.32. The van der Waals surface area contributed by atoms with Gasteiger partial charge >= 0.3 is 8.80 Å². The highest BCUT2D eigenvalue weighted by molar-refractivity contribution is 6.62. The summed E-state index contributed by atoms with van der Waals surface area (Å²) in [6.45, 7) is 3.10. The summed E-state index contributed by atoms with van der Waals surface area (Å²) in [6.07, 6.45) is 5.33. The summed E-state index contributed by atoms with van der Waals surface area (Å²) in [7, 11) is 2.43. The fourth-order valence-corrected chi connectivity index (χ4v) is 3.94. The molecule has 0 bridgehead atoms. The van der Waals surface area contributed by atoms with Gasteiger partial charge in [0.25, 0.3) is 0 Å². The van der Waals surface area contributed by atoms with Crippen LogP contribution in [-0.4, -0.2) is 47.2 Å². The van der Waals surface area contributed by atoms with Crippen molar-refractivity contribution in [3.05, 3.63) is 12.3 Å². The van der Waals surface area contributed by atoms with Crippen molar-refractivity contribution in [2.45, 2.75) is 19.0 Å². The van der Waals surface area contributed by atoms with Crippen molar-refractivity contribution < 1.29 is 13.3 Å². The van der Waals surface area contributed by atoms with Gasteiger partial charge in [0, 0.05) is 27.9 Å². The maximum Gasteiger partial charge on any atom is 0.523 e. The first-order chi connectivity index (χ1) is 6.70. The Labute approximate surface area is 86.8 Å². The van der Waals surface area contributed by atoms with Crippen LogP contribution in [0.4, 0.5) is 0 Å². The van der Waals surface area contributed by atoms with Gasteiger partial charge in [-0.1, -0.05) is 6.08 Å². The monoisotopic (exact) mass is 217 g/mol. The van der Waals surface area contributed by atoms with Crippen molar-refractivity contribution in [3.63, 3.8) is 0 Å². The quantitative estimate of drug-likeness (QED) is 0.643. The first-order valence-electron chi connectivity index (χ1n) is 4.78. The molecule has 0 amide bonds. The molecule has 0 radical (unpaired) electrons. The molecule has 0 saturated carbocycles. The lowest BCUT2D eigenvalue weighted by atomic mass is 10.5. The summed E-state index contributed by atoms with van der Waals surface area (Å²) >= 11 is 0. The molecule has 4 nitrogen and oxygen atoms in total. The molecule has 0 spiro atoms. The molecular weight excluding hydrogens is 198 g/mol. The lowest BCUT2D eigenvalue weighted by Gasteiger charge is -2.35. The third-order valence-electron chi connectivity index (χ3n) is 2.71. The van der Waals surface area contributed by atoms with E-state index in [9.17, 15) is 0 Å². The molecule has 5 heteroatoms. The average molecular weight is 217 g/mol. The van der Waals surface area contributed by atoms with E-state index in [1.165, 1.54) is 0 Å². The number of rotatable bonds is 5. The largest absolute Gasteiger partial charge is 0.523 e. The van der Waals surface area contributed by atoms with E-state index in [0.29, 0.717) is 0 Å². The summed E-state index contributed by atoms with van der Waals surface area (Å²) in [5.41, 5.74) is 0.168. The molecule has 1 unspecified atom stereocenters. The molecule has 1 atom stereocenters. The normalized spacial score (nSPS) is 19.0. The van der Waals surface area contributed by atoms with Gasteiger partial charge in [0.2, 0.25) is 0 Å². The lowest BCUT2D eigenvalue weighted by molar-refractivity contribution is 0.0923. The van der Waals surface area contributed by atoms with E-state index < -0.39 is 8.80 Å². The molecule has 1 aliphatic heterocycles. The number of hydrogen-bond donors (Lipinski definition) is 0. The molecular formula is C9H19NO3Si. The standard InChI is InChI=1S/C9H19NO3Si/c1-9(10-7-5-6-8-10)14(11-2,12-3)13-4/h5,7,9H,6,8H2,1-4H3. The van der Waals surface area contributed by atoms with Gasteiger partial charge in [0.1, 0.15) is 0 Å². The maximum atomic E-state index is 5.43. The van der Waals surface area contributed by atoms with Crippen LogP contribution in [0.1, 0.15) is 13.3 Å². The van der Waals surface area contributed by atoms with Crippen LogP contribution in [-0.2, 0) is 13.3 Å². The fraction of sp³-hybridized carbons (Fsp3) is 0.778. The van der Waals surface area contributed by atoms with Crippen molar-refractivity contribution in [1.82, 2.24) is 4.90 Å². The summed E-state index contributed by atoms with van der Waals surface area (Å²) in [5, 5.41) is 0. The maximum absolute atomic E-state index is 5.43. The molecule has 0 aliphatic carbocycles. The zero-order chi connectivity index (χ0) is 10.6. The van der Waals surface area contributed by atoms with Crippen molar-refractivity contribution in [2.75, 3.05) is 27.9 Å². The molecule has 0 fully saturated rings. The highest BCUT2D eigenvalue weighted by Gasteiger charge is 2.47. The molecule has 0 aromatic carbocycles. The Bertz CT molecular complexity index is 198. The lowest BCUT2D eigenvalue weighted by Crippen LogP contribution is -2.58. The van der Waals surface area contributed by atoms with E-state index >= 15 is 0 Å². The highest BCUT2D eigenvalue weighted by atomic mass is 28.4. The number of hydrogen-bond acceptors (Lipinski definition) is 4. The molecule has 0 N–H and O–H groups in total. The molecule has 14 heavy (non-hydrogen) atoms. The molecule has 1 heterocycles. The number of nitrogens with zero attached hydrogens (tertiary/aromatic N) is 1. The second kappa shape index (κ2) is 4.93. The third-order valence-corrected chi connectivity index (χ3v) is 5.78. The van der Waals surface area contributed by atoms with Gasteiger partial charge < -0.3 is 18.2 Å².